The minimum atomic E-state index is -0.726. The second-order valence-electron chi connectivity index (χ2n) is 7.58. The van der Waals surface area contributed by atoms with E-state index in [-0.39, 0.29) is 11.8 Å². The van der Waals surface area contributed by atoms with E-state index in [1.165, 1.54) is 0 Å². The van der Waals surface area contributed by atoms with E-state index >= 15 is 0 Å². The summed E-state index contributed by atoms with van der Waals surface area (Å²) in [4.78, 5) is 27.6. The number of rotatable bonds is 5. The van der Waals surface area contributed by atoms with Gasteiger partial charge in [0, 0.05) is 31.0 Å². The van der Waals surface area contributed by atoms with E-state index in [1.807, 2.05) is 24.4 Å². The fraction of sp³-hybridized carbons (Fsp3) is 0.476. The molecule has 2 fully saturated rings. The van der Waals surface area contributed by atoms with Crippen LogP contribution in [-0.2, 0) is 15.1 Å². The van der Waals surface area contributed by atoms with Gasteiger partial charge in [0.25, 0.3) is 5.91 Å². The number of ether oxygens (including phenoxy) is 1. The highest BCUT2D eigenvalue weighted by Crippen LogP contribution is 2.35. The van der Waals surface area contributed by atoms with Gasteiger partial charge in [0.05, 0.1) is 12.8 Å². The largest absolute Gasteiger partial charge is 0.495 e. The van der Waals surface area contributed by atoms with Gasteiger partial charge < -0.3 is 20.3 Å². The molecular formula is C21H27N5O3. The van der Waals surface area contributed by atoms with Gasteiger partial charge in [-0.1, -0.05) is 0 Å². The molecule has 2 aromatic rings. The lowest BCUT2D eigenvalue weighted by atomic mass is 9.87. The number of carbonyl (C=O) groups excluding carboxylic acids is 2. The summed E-state index contributed by atoms with van der Waals surface area (Å²) in [6, 6.07) is 7.28. The average molecular weight is 397 g/mol. The van der Waals surface area contributed by atoms with Crippen molar-refractivity contribution in [2.75, 3.05) is 37.0 Å². The van der Waals surface area contributed by atoms with Gasteiger partial charge in [-0.05, 0) is 63.0 Å². The maximum absolute atomic E-state index is 13.4. The molecule has 4 rings (SSSR count). The molecule has 2 N–H and O–H groups in total. The van der Waals surface area contributed by atoms with Crippen molar-refractivity contribution < 1.29 is 14.3 Å². The Morgan fingerprint density at radius 2 is 2.10 bits per heavy atom. The summed E-state index contributed by atoms with van der Waals surface area (Å²) in [5.41, 5.74) is 0.623. The summed E-state index contributed by atoms with van der Waals surface area (Å²) in [5, 5.41) is 10.7. The lowest BCUT2D eigenvalue weighted by Crippen LogP contribution is -2.52. The molecule has 8 nitrogen and oxygen atoms in total. The second kappa shape index (κ2) is 8.24. The van der Waals surface area contributed by atoms with Crippen LogP contribution >= 0.6 is 0 Å². The lowest BCUT2D eigenvalue weighted by Gasteiger charge is -2.36. The van der Waals surface area contributed by atoms with Crippen LogP contribution in [0.3, 0.4) is 0 Å². The molecule has 0 aliphatic carbocycles. The normalized spacial score (nSPS) is 19.1. The van der Waals surface area contributed by atoms with Gasteiger partial charge in [-0.3, -0.25) is 14.3 Å². The van der Waals surface area contributed by atoms with Crippen molar-refractivity contribution in [2.45, 2.75) is 37.6 Å². The number of anilines is 2. The van der Waals surface area contributed by atoms with Crippen LogP contribution in [0, 0.1) is 0 Å². The molecule has 1 aromatic heterocycles. The fourth-order valence-electron chi connectivity index (χ4n) is 4.21. The smallest absolute Gasteiger partial charge is 0.252 e. The number of carbonyl (C=O) groups is 2. The van der Waals surface area contributed by atoms with Crippen molar-refractivity contribution in [3.63, 3.8) is 0 Å². The topological polar surface area (TPSA) is 88.5 Å². The molecular weight excluding hydrogens is 370 g/mol. The van der Waals surface area contributed by atoms with Crippen LogP contribution in [0.4, 0.5) is 11.4 Å². The van der Waals surface area contributed by atoms with Crippen molar-refractivity contribution in [3.05, 3.63) is 36.7 Å². The number of aromatic nitrogens is 2. The van der Waals surface area contributed by atoms with Crippen molar-refractivity contribution in [2.24, 2.45) is 0 Å². The van der Waals surface area contributed by atoms with E-state index in [0.29, 0.717) is 42.9 Å². The van der Waals surface area contributed by atoms with Gasteiger partial charge in [0.2, 0.25) is 5.91 Å². The maximum atomic E-state index is 13.4. The van der Waals surface area contributed by atoms with Gasteiger partial charge in [-0.2, -0.15) is 5.10 Å². The zero-order chi connectivity index (χ0) is 20.3. The molecule has 2 amide bonds. The molecule has 29 heavy (non-hydrogen) atoms. The minimum absolute atomic E-state index is 0.0874. The molecule has 3 heterocycles. The lowest BCUT2D eigenvalue weighted by molar-refractivity contribution is -0.126. The van der Waals surface area contributed by atoms with Gasteiger partial charge in [-0.25, -0.2) is 0 Å². The Morgan fingerprint density at radius 3 is 2.79 bits per heavy atom. The second-order valence-corrected chi connectivity index (χ2v) is 7.58. The Labute approximate surface area is 170 Å². The number of hydrogen-bond donors (Lipinski definition) is 2. The van der Waals surface area contributed by atoms with E-state index in [0.717, 1.165) is 25.9 Å². The fourth-order valence-corrected chi connectivity index (χ4v) is 4.21. The van der Waals surface area contributed by atoms with Gasteiger partial charge in [-0.15, -0.1) is 0 Å². The third-order valence-corrected chi connectivity index (χ3v) is 5.85. The first-order chi connectivity index (χ1) is 14.1. The number of piperidine rings is 2. The Morgan fingerprint density at radius 1 is 1.28 bits per heavy atom. The van der Waals surface area contributed by atoms with E-state index in [9.17, 15) is 9.59 Å². The van der Waals surface area contributed by atoms with E-state index in [2.05, 4.69) is 15.7 Å². The first-order valence-electron chi connectivity index (χ1n) is 10.1. The molecule has 8 heteroatoms. The van der Waals surface area contributed by atoms with Crippen LogP contribution in [0.15, 0.2) is 36.7 Å². The first kappa shape index (κ1) is 19.4. The van der Waals surface area contributed by atoms with Crippen LogP contribution in [0.25, 0.3) is 0 Å². The van der Waals surface area contributed by atoms with Gasteiger partial charge >= 0.3 is 0 Å². The predicted octanol–water partition coefficient (Wildman–Crippen LogP) is 2.13. The molecule has 0 saturated carbocycles. The van der Waals surface area contributed by atoms with Crippen LogP contribution < -0.4 is 20.3 Å². The summed E-state index contributed by atoms with van der Waals surface area (Å²) >= 11 is 0. The average Bonchev–Trinajstić information content (AvgIpc) is 3.30. The monoisotopic (exact) mass is 397 g/mol. The van der Waals surface area contributed by atoms with Crippen molar-refractivity contribution >= 4 is 23.2 Å². The van der Waals surface area contributed by atoms with Crippen LogP contribution in [0.2, 0.25) is 0 Å². The van der Waals surface area contributed by atoms with Crippen LogP contribution in [0.1, 0.15) is 32.1 Å². The quantitative estimate of drug-likeness (QED) is 0.807. The van der Waals surface area contributed by atoms with Crippen molar-refractivity contribution in [3.8, 4) is 5.75 Å². The summed E-state index contributed by atoms with van der Waals surface area (Å²) in [7, 11) is 1.59. The molecule has 2 aliphatic heterocycles. The highest BCUT2D eigenvalue weighted by atomic mass is 16.5. The van der Waals surface area contributed by atoms with E-state index < -0.39 is 5.54 Å². The maximum Gasteiger partial charge on any atom is 0.252 e. The minimum Gasteiger partial charge on any atom is -0.495 e. The van der Waals surface area contributed by atoms with Crippen molar-refractivity contribution in [1.82, 2.24) is 15.1 Å². The Balaban J connectivity index is 1.62. The molecule has 0 atom stereocenters. The molecule has 1 aromatic carbocycles. The standard InChI is InChI=1S/C21H27N5O3/c1-29-18-7-6-16(15-17(18)25-13-3-2-5-19(25)27)24-20(28)21(8-11-22-12-9-21)26-14-4-10-23-26/h4,6-7,10,14-15,22H,2-3,5,8-9,11-13H2,1H3,(H,24,28). The number of amides is 2. The summed E-state index contributed by atoms with van der Waals surface area (Å²) < 4.78 is 7.24. The molecule has 0 bridgehead atoms. The molecule has 0 radical (unpaired) electrons. The predicted molar refractivity (Wildman–Crippen MR) is 110 cm³/mol. The molecule has 2 aliphatic rings. The highest BCUT2D eigenvalue weighted by molar-refractivity contribution is 5.99. The van der Waals surface area contributed by atoms with Crippen molar-refractivity contribution in [1.29, 1.82) is 0 Å². The Hall–Kier alpha value is -2.87. The Kier molecular flexibility index (Phi) is 5.53. The summed E-state index contributed by atoms with van der Waals surface area (Å²) in [5.74, 6) is 0.620. The molecule has 154 valence electrons. The summed E-state index contributed by atoms with van der Waals surface area (Å²) in [6.07, 6.45) is 7.27. The number of benzene rings is 1. The molecule has 2 saturated heterocycles. The molecule has 0 unspecified atom stereocenters. The first-order valence-corrected chi connectivity index (χ1v) is 10.1. The summed E-state index contributed by atoms with van der Waals surface area (Å²) in [6.45, 7) is 2.17. The molecule has 0 spiro atoms. The third kappa shape index (κ3) is 3.72. The zero-order valence-corrected chi connectivity index (χ0v) is 16.7. The Bertz CT molecular complexity index is 874. The number of methoxy groups -OCH3 is 1. The third-order valence-electron chi connectivity index (χ3n) is 5.85. The highest BCUT2D eigenvalue weighted by Gasteiger charge is 2.42. The number of nitrogens with one attached hydrogen (secondary N) is 2. The van der Waals surface area contributed by atoms with Gasteiger partial charge in [0.1, 0.15) is 11.3 Å². The van der Waals surface area contributed by atoms with Crippen LogP contribution in [0.5, 0.6) is 5.75 Å². The van der Waals surface area contributed by atoms with E-state index in [4.69, 9.17) is 4.74 Å². The van der Waals surface area contributed by atoms with Crippen LogP contribution in [-0.4, -0.2) is 48.3 Å². The number of hydrogen-bond acceptors (Lipinski definition) is 5. The number of nitrogens with zero attached hydrogens (tertiary/aromatic N) is 3. The SMILES string of the molecule is COc1ccc(NC(=O)C2(n3cccn3)CCNCC2)cc1N1CCCCC1=O. The zero-order valence-electron chi connectivity index (χ0n) is 16.7. The van der Waals surface area contributed by atoms with E-state index in [1.54, 1.807) is 29.0 Å². The van der Waals surface area contributed by atoms with Gasteiger partial charge in [0.15, 0.2) is 0 Å².